The van der Waals surface area contributed by atoms with Crippen LogP contribution in [-0.4, -0.2) is 51.4 Å². The molecule has 6 atom stereocenters. The fourth-order valence-corrected chi connectivity index (χ4v) is 5.04. The Bertz CT molecular complexity index is 1000. The zero-order chi connectivity index (χ0) is 28.1. The number of cyclic esters (lactones) is 1. The van der Waals surface area contributed by atoms with Gasteiger partial charge in [-0.15, -0.1) is 11.3 Å². The average Bonchev–Trinajstić information content (AvgIpc) is 3.21. The minimum atomic E-state index is -4.47. The largest absolute Gasteiger partial charge is 0.458 e. The SMILES string of the molecule is C/C(=C\c1csc(C)n1)[C@@H]1CC[C@@H](C(F)(F)F)C/C=C\[C@H](C)[C@H](O)[C@@H](C)C(=O)C(C)(C)[C@@H](O)CC(=O)O1. The van der Waals surface area contributed by atoms with Gasteiger partial charge in [0, 0.05) is 17.2 Å². The zero-order valence-corrected chi connectivity index (χ0v) is 23.0. The molecule has 0 unspecified atom stereocenters. The molecule has 2 heterocycles. The van der Waals surface area contributed by atoms with Crippen molar-refractivity contribution in [2.75, 3.05) is 0 Å². The number of aryl methyl sites for hydroxylation is 1. The average molecular weight is 546 g/mol. The Balaban J connectivity index is 2.43. The summed E-state index contributed by atoms with van der Waals surface area (Å²) in [5, 5.41) is 24.1. The Morgan fingerprint density at radius 3 is 2.43 bits per heavy atom. The molecular weight excluding hydrogens is 507 g/mol. The van der Waals surface area contributed by atoms with E-state index in [4.69, 9.17) is 4.74 Å². The number of carbonyl (C=O) groups excluding carboxylic acids is 2. The molecule has 2 N–H and O–H groups in total. The third-order valence-electron chi connectivity index (χ3n) is 7.19. The minimum absolute atomic E-state index is 0.0805. The van der Waals surface area contributed by atoms with E-state index in [0.29, 0.717) is 11.3 Å². The van der Waals surface area contributed by atoms with Crippen LogP contribution in [0.2, 0.25) is 0 Å². The number of Topliss-reactive ketones (excluding diaryl/α,β-unsaturated/α-hetero) is 1. The Morgan fingerprint density at radius 2 is 1.86 bits per heavy atom. The lowest BCUT2D eigenvalue weighted by atomic mass is 9.73. The maximum atomic E-state index is 13.8. The van der Waals surface area contributed by atoms with Gasteiger partial charge in [0.25, 0.3) is 0 Å². The van der Waals surface area contributed by atoms with Crippen LogP contribution in [-0.2, 0) is 14.3 Å². The second-order valence-corrected chi connectivity index (χ2v) is 11.6. The summed E-state index contributed by atoms with van der Waals surface area (Å²) in [4.78, 5) is 30.3. The molecule has 0 saturated heterocycles. The van der Waals surface area contributed by atoms with Crippen LogP contribution in [0.4, 0.5) is 13.2 Å². The second kappa shape index (κ2) is 12.7. The van der Waals surface area contributed by atoms with E-state index in [1.165, 1.54) is 44.3 Å². The van der Waals surface area contributed by atoms with E-state index < -0.39 is 65.8 Å². The van der Waals surface area contributed by atoms with Crippen molar-refractivity contribution in [2.45, 2.75) is 91.7 Å². The molecule has 0 aromatic carbocycles. The van der Waals surface area contributed by atoms with E-state index in [2.05, 4.69) is 4.98 Å². The summed E-state index contributed by atoms with van der Waals surface area (Å²) in [5.74, 6) is -4.45. The maximum absolute atomic E-state index is 13.8. The molecule has 1 aliphatic heterocycles. The smallest absolute Gasteiger partial charge is 0.392 e. The number of hydrogen-bond donors (Lipinski definition) is 2. The van der Waals surface area contributed by atoms with E-state index in [-0.39, 0.29) is 19.3 Å². The number of aromatic nitrogens is 1. The normalized spacial score (nSPS) is 32.1. The highest BCUT2D eigenvalue weighted by atomic mass is 32.1. The van der Waals surface area contributed by atoms with Crippen LogP contribution in [0.5, 0.6) is 0 Å². The molecule has 2 rings (SSSR count). The summed E-state index contributed by atoms with van der Waals surface area (Å²) in [5.41, 5.74) is -0.210. The van der Waals surface area contributed by atoms with Gasteiger partial charge in [-0.3, -0.25) is 9.59 Å². The molecule has 0 radical (unpaired) electrons. The standard InChI is InChI=1S/C27H38F3NO5S/c1-15-8-7-9-19(27(28,29)30)10-11-21(16(2)12-20-14-37-18(4)31-20)36-23(33)13-22(32)26(5,6)25(35)17(3)24(15)34/h7-8,12,14-15,17,19,21-22,24,32,34H,9-11,13H2,1-6H3/b8-7-,16-12+/t15-,17+,19-,21-,22-,24-/m0/s1. The number of ether oxygens (including phenoxy) is 1. The van der Waals surface area contributed by atoms with Gasteiger partial charge in [-0.25, -0.2) is 4.98 Å². The van der Waals surface area contributed by atoms with Crippen LogP contribution in [0.15, 0.2) is 23.1 Å². The monoisotopic (exact) mass is 545 g/mol. The van der Waals surface area contributed by atoms with Gasteiger partial charge in [-0.05, 0) is 44.8 Å². The molecule has 0 saturated carbocycles. The highest BCUT2D eigenvalue weighted by Crippen LogP contribution is 2.36. The third kappa shape index (κ3) is 8.48. The van der Waals surface area contributed by atoms with E-state index in [9.17, 15) is 33.0 Å². The lowest BCUT2D eigenvalue weighted by Gasteiger charge is -2.34. The summed E-state index contributed by atoms with van der Waals surface area (Å²) >= 11 is 1.42. The molecular formula is C27H38F3NO5S. The first-order valence-corrected chi connectivity index (χ1v) is 13.4. The Kier molecular flexibility index (Phi) is 10.7. The highest BCUT2D eigenvalue weighted by Gasteiger charge is 2.43. The summed E-state index contributed by atoms with van der Waals surface area (Å²) in [7, 11) is 0. The number of ketones is 1. The van der Waals surface area contributed by atoms with Crippen LogP contribution in [0, 0.1) is 30.1 Å². The zero-order valence-electron chi connectivity index (χ0n) is 22.2. The van der Waals surface area contributed by atoms with Crippen molar-refractivity contribution < 1.29 is 37.7 Å². The maximum Gasteiger partial charge on any atom is 0.392 e. The number of rotatable bonds is 2. The Morgan fingerprint density at radius 1 is 1.22 bits per heavy atom. The van der Waals surface area contributed by atoms with Gasteiger partial charge in [0.15, 0.2) is 0 Å². The molecule has 1 aromatic heterocycles. The lowest BCUT2D eigenvalue weighted by Crippen LogP contribution is -2.45. The van der Waals surface area contributed by atoms with Gasteiger partial charge in [-0.2, -0.15) is 13.2 Å². The fourth-order valence-electron chi connectivity index (χ4n) is 4.47. The highest BCUT2D eigenvalue weighted by molar-refractivity contribution is 7.09. The number of esters is 1. The number of nitrogens with zero attached hydrogens (tertiary/aromatic N) is 1. The first kappa shape index (κ1) is 31.2. The molecule has 10 heteroatoms. The molecule has 0 spiro atoms. The number of aliphatic hydroxyl groups excluding tert-OH is 2. The van der Waals surface area contributed by atoms with Crippen molar-refractivity contribution >= 4 is 29.2 Å². The van der Waals surface area contributed by atoms with E-state index >= 15 is 0 Å². The van der Waals surface area contributed by atoms with E-state index in [0.717, 1.165) is 5.01 Å². The van der Waals surface area contributed by atoms with Gasteiger partial charge in [0.2, 0.25) is 0 Å². The van der Waals surface area contributed by atoms with Crippen molar-refractivity contribution in [3.8, 4) is 0 Å². The quantitative estimate of drug-likeness (QED) is 0.368. The van der Waals surface area contributed by atoms with Gasteiger partial charge in [0.1, 0.15) is 11.9 Å². The Labute approximate surface area is 220 Å². The molecule has 1 aromatic rings. The number of carbonyl (C=O) groups is 2. The number of halogens is 3. The molecule has 0 fully saturated rings. The molecule has 0 amide bonds. The molecule has 6 nitrogen and oxygen atoms in total. The predicted octanol–water partition coefficient (Wildman–Crippen LogP) is 5.66. The van der Waals surface area contributed by atoms with Crippen molar-refractivity contribution in [1.82, 2.24) is 4.98 Å². The fraction of sp³-hybridized carbons (Fsp3) is 0.667. The second-order valence-electron chi connectivity index (χ2n) is 10.6. The predicted molar refractivity (Wildman–Crippen MR) is 137 cm³/mol. The van der Waals surface area contributed by atoms with Crippen molar-refractivity contribution in [3.63, 3.8) is 0 Å². The molecule has 208 valence electrons. The van der Waals surface area contributed by atoms with Crippen LogP contribution in [0.25, 0.3) is 6.08 Å². The first-order valence-electron chi connectivity index (χ1n) is 12.5. The van der Waals surface area contributed by atoms with E-state index in [1.54, 1.807) is 25.3 Å². The topological polar surface area (TPSA) is 96.7 Å². The summed E-state index contributed by atoms with van der Waals surface area (Å²) < 4.78 is 47.0. The van der Waals surface area contributed by atoms with Crippen molar-refractivity contribution in [2.24, 2.45) is 23.2 Å². The van der Waals surface area contributed by atoms with Crippen molar-refractivity contribution in [1.29, 1.82) is 0 Å². The Hall–Kier alpha value is -2.04. The molecule has 0 bridgehead atoms. The number of thiazole rings is 1. The summed E-state index contributed by atoms with van der Waals surface area (Å²) in [6, 6.07) is 0. The van der Waals surface area contributed by atoms with Crippen LogP contribution >= 0.6 is 11.3 Å². The number of hydrogen-bond acceptors (Lipinski definition) is 7. The number of aliphatic hydroxyl groups is 2. The van der Waals surface area contributed by atoms with Gasteiger partial charge >= 0.3 is 12.1 Å². The molecule has 37 heavy (non-hydrogen) atoms. The summed E-state index contributed by atoms with van der Waals surface area (Å²) in [6.07, 6.45) is -4.62. The lowest BCUT2D eigenvalue weighted by molar-refractivity contribution is -0.177. The number of allylic oxidation sites excluding steroid dienone is 1. The summed E-state index contributed by atoms with van der Waals surface area (Å²) in [6.45, 7) is 9.64. The third-order valence-corrected chi connectivity index (χ3v) is 7.98. The van der Waals surface area contributed by atoms with E-state index in [1.807, 2.05) is 6.92 Å². The van der Waals surface area contributed by atoms with Crippen LogP contribution in [0.3, 0.4) is 0 Å². The van der Waals surface area contributed by atoms with Gasteiger partial charge in [0.05, 0.1) is 40.7 Å². The number of alkyl halides is 3. The van der Waals surface area contributed by atoms with Crippen LogP contribution < -0.4 is 0 Å². The molecule has 1 aliphatic rings. The minimum Gasteiger partial charge on any atom is -0.458 e. The van der Waals surface area contributed by atoms with Gasteiger partial charge < -0.3 is 14.9 Å². The first-order chi connectivity index (χ1) is 17.0. The molecule has 0 aliphatic carbocycles. The van der Waals surface area contributed by atoms with Crippen LogP contribution in [0.1, 0.15) is 71.0 Å². The van der Waals surface area contributed by atoms with Crippen molar-refractivity contribution in [3.05, 3.63) is 33.8 Å². The van der Waals surface area contributed by atoms with Gasteiger partial charge in [-0.1, -0.05) is 39.8 Å².